The van der Waals surface area contributed by atoms with Crippen molar-refractivity contribution in [1.29, 1.82) is 0 Å². The first-order valence-corrected chi connectivity index (χ1v) is 6.83. The first-order valence-electron chi connectivity index (χ1n) is 5.34. The monoisotopic (exact) mass is 303 g/mol. The summed E-state index contributed by atoms with van der Waals surface area (Å²) in [6.45, 7) is -0.555. The van der Waals surface area contributed by atoms with E-state index in [-0.39, 0.29) is 16.3 Å². The van der Waals surface area contributed by atoms with Gasteiger partial charge in [0.25, 0.3) is 5.69 Å². The summed E-state index contributed by atoms with van der Waals surface area (Å²) in [6, 6.07) is 3.37. The van der Waals surface area contributed by atoms with Crippen molar-refractivity contribution < 1.29 is 22.9 Å². The van der Waals surface area contributed by atoms with E-state index in [9.17, 15) is 23.3 Å². The number of benzene rings is 1. The van der Waals surface area contributed by atoms with Crippen LogP contribution in [-0.2, 0) is 19.6 Å². The molecular weight excluding hydrogens is 290 g/mol. The summed E-state index contributed by atoms with van der Waals surface area (Å²) in [6.07, 6.45) is 0. The zero-order valence-corrected chi connectivity index (χ0v) is 11.6. The quantitative estimate of drug-likeness (QED) is 0.433. The second-order valence-electron chi connectivity index (χ2n) is 3.59. The summed E-state index contributed by atoms with van der Waals surface area (Å²) in [5.74, 6) is -0.769. The zero-order chi connectivity index (χ0) is 15.3. The van der Waals surface area contributed by atoms with Gasteiger partial charge in [0.05, 0.1) is 16.9 Å². The molecule has 0 saturated heterocycles. The van der Waals surface area contributed by atoms with E-state index >= 15 is 0 Å². The minimum atomic E-state index is -4.03. The van der Waals surface area contributed by atoms with Gasteiger partial charge in [0.15, 0.2) is 0 Å². The third-order valence-corrected chi connectivity index (χ3v) is 3.78. The van der Waals surface area contributed by atoms with Crippen LogP contribution < -0.4 is 10.0 Å². The number of sulfonamides is 1. The number of hydrogen-bond acceptors (Lipinski definition) is 7. The Bertz CT molecular complexity index is 628. The first-order chi connectivity index (χ1) is 9.31. The number of ether oxygens (including phenoxy) is 1. The fourth-order valence-electron chi connectivity index (χ4n) is 1.35. The SMILES string of the molecule is CNc1ccc(S(=O)(=O)NCC(=O)OC)cc1[N+](=O)[O-]. The van der Waals surface area contributed by atoms with E-state index in [0.29, 0.717) is 0 Å². The number of anilines is 1. The molecule has 0 bridgehead atoms. The van der Waals surface area contributed by atoms with Crippen LogP contribution >= 0.6 is 0 Å². The van der Waals surface area contributed by atoms with E-state index in [0.717, 1.165) is 13.2 Å². The molecule has 0 fully saturated rings. The molecule has 0 aliphatic heterocycles. The number of nitro benzene ring substituents is 1. The molecule has 0 amide bonds. The minimum absolute atomic E-state index is 0.182. The summed E-state index contributed by atoms with van der Waals surface area (Å²) in [4.78, 5) is 20.7. The fourth-order valence-corrected chi connectivity index (χ4v) is 2.34. The van der Waals surface area contributed by atoms with Crippen molar-refractivity contribution in [3.05, 3.63) is 28.3 Å². The molecule has 110 valence electrons. The molecule has 1 aromatic carbocycles. The maximum atomic E-state index is 11.9. The average molecular weight is 303 g/mol. The Balaban J connectivity index is 3.10. The highest BCUT2D eigenvalue weighted by molar-refractivity contribution is 7.89. The number of hydrogen-bond donors (Lipinski definition) is 2. The topological polar surface area (TPSA) is 128 Å². The van der Waals surface area contributed by atoms with Crippen molar-refractivity contribution in [2.75, 3.05) is 26.0 Å². The molecule has 0 saturated carbocycles. The van der Waals surface area contributed by atoms with Crippen molar-refractivity contribution in [2.24, 2.45) is 0 Å². The number of carbonyl (C=O) groups is 1. The van der Waals surface area contributed by atoms with Crippen LogP contribution in [0.15, 0.2) is 23.1 Å². The third kappa shape index (κ3) is 3.65. The highest BCUT2D eigenvalue weighted by Gasteiger charge is 2.21. The molecule has 0 spiro atoms. The fraction of sp³-hybridized carbons (Fsp3) is 0.300. The van der Waals surface area contributed by atoms with E-state index in [4.69, 9.17) is 0 Å². The van der Waals surface area contributed by atoms with Crippen molar-refractivity contribution in [3.63, 3.8) is 0 Å². The maximum Gasteiger partial charge on any atom is 0.320 e. The predicted molar refractivity (Wildman–Crippen MR) is 69.8 cm³/mol. The second-order valence-corrected chi connectivity index (χ2v) is 5.35. The lowest BCUT2D eigenvalue weighted by atomic mass is 10.3. The van der Waals surface area contributed by atoms with E-state index < -0.39 is 27.5 Å². The average Bonchev–Trinajstić information content (AvgIpc) is 2.43. The molecular formula is C10H13N3O6S. The van der Waals surface area contributed by atoms with Crippen molar-refractivity contribution in [1.82, 2.24) is 4.72 Å². The van der Waals surface area contributed by atoms with Crippen LogP contribution in [0.2, 0.25) is 0 Å². The van der Waals surface area contributed by atoms with Gasteiger partial charge in [0.1, 0.15) is 12.2 Å². The molecule has 0 unspecified atom stereocenters. The summed E-state index contributed by atoms with van der Waals surface area (Å²) in [7, 11) is -1.44. The largest absolute Gasteiger partial charge is 0.468 e. The Hall–Kier alpha value is -2.20. The molecule has 9 nitrogen and oxygen atoms in total. The molecule has 0 aromatic heterocycles. The lowest BCUT2D eigenvalue weighted by molar-refractivity contribution is -0.384. The Morgan fingerprint density at radius 3 is 2.60 bits per heavy atom. The van der Waals surface area contributed by atoms with Gasteiger partial charge in [0.2, 0.25) is 10.0 Å². The smallest absolute Gasteiger partial charge is 0.320 e. The molecule has 20 heavy (non-hydrogen) atoms. The molecule has 2 N–H and O–H groups in total. The standard InChI is InChI=1S/C10H13N3O6S/c1-11-8-4-3-7(5-9(8)13(15)16)20(17,18)12-6-10(14)19-2/h3-5,11-12H,6H2,1-2H3. The molecule has 0 atom stereocenters. The molecule has 0 radical (unpaired) electrons. The number of nitrogens with one attached hydrogen (secondary N) is 2. The number of nitro groups is 1. The molecule has 0 aliphatic rings. The Kier molecular flexibility index (Phi) is 5.00. The number of nitrogens with zero attached hydrogens (tertiary/aromatic N) is 1. The van der Waals surface area contributed by atoms with Gasteiger partial charge in [-0.3, -0.25) is 14.9 Å². The van der Waals surface area contributed by atoms with Crippen LogP contribution in [0.5, 0.6) is 0 Å². The Morgan fingerprint density at radius 1 is 1.45 bits per heavy atom. The summed E-state index contributed by atoms with van der Waals surface area (Å²) in [5.41, 5.74) is -0.199. The van der Waals surface area contributed by atoms with Gasteiger partial charge in [-0.15, -0.1) is 0 Å². The van der Waals surface area contributed by atoms with E-state index in [1.165, 1.54) is 19.2 Å². The van der Waals surface area contributed by atoms with Gasteiger partial charge >= 0.3 is 5.97 Å². The molecule has 1 aromatic rings. The van der Waals surface area contributed by atoms with Crippen molar-refractivity contribution in [2.45, 2.75) is 4.90 Å². The summed E-state index contributed by atoms with van der Waals surface area (Å²) in [5, 5.41) is 13.4. The van der Waals surface area contributed by atoms with Crippen molar-refractivity contribution >= 4 is 27.4 Å². The molecule has 1 rings (SSSR count). The summed E-state index contributed by atoms with van der Waals surface area (Å²) < 4.78 is 30.0. The zero-order valence-electron chi connectivity index (χ0n) is 10.7. The van der Waals surface area contributed by atoms with Gasteiger partial charge in [-0.25, -0.2) is 8.42 Å². The number of methoxy groups -OCH3 is 1. The molecule has 0 aliphatic carbocycles. The normalized spacial score (nSPS) is 10.9. The number of carbonyl (C=O) groups excluding carboxylic acids is 1. The van der Waals surface area contributed by atoms with Crippen LogP contribution in [0.3, 0.4) is 0 Å². The lowest BCUT2D eigenvalue weighted by Gasteiger charge is -2.07. The first kappa shape index (κ1) is 15.9. The van der Waals surface area contributed by atoms with Crippen molar-refractivity contribution in [3.8, 4) is 0 Å². The maximum absolute atomic E-state index is 11.9. The van der Waals surface area contributed by atoms with Crippen LogP contribution in [0.25, 0.3) is 0 Å². The van der Waals surface area contributed by atoms with E-state index in [2.05, 4.69) is 10.1 Å². The van der Waals surface area contributed by atoms with Gasteiger partial charge in [0, 0.05) is 13.1 Å². The number of esters is 1. The number of rotatable bonds is 6. The van der Waals surface area contributed by atoms with Gasteiger partial charge in [-0.1, -0.05) is 0 Å². The van der Waals surface area contributed by atoms with Gasteiger partial charge in [-0.05, 0) is 12.1 Å². The van der Waals surface area contributed by atoms with Crippen LogP contribution in [0, 0.1) is 10.1 Å². The van der Waals surface area contributed by atoms with E-state index in [1.807, 2.05) is 4.72 Å². The molecule has 0 heterocycles. The van der Waals surface area contributed by atoms with Crippen LogP contribution in [-0.4, -0.2) is 40.0 Å². The highest BCUT2D eigenvalue weighted by atomic mass is 32.2. The van der Waals surface area contributed by atoms with Gasteiger partial charge < -0.3 is 10.1 Å². The van der Waals surface area contributed by atoms with Gasteiger partial charge in [-0.2, -0.15) is 4.72 Å². The Morgan fingerprint density at radius 2 is 2.10 bits per heavy atom. The van der Waals surface area contributed by atoms with Crippen LogP contribution in [0.4, 0.5) is 11.4 Å². The van der Waals surface area contributed by atoms with Crippen LogP contribution in [0.1, 0.15) is 0 Å². The summed E-state index contributed by atoms with van der Waals surface area (Å²) >= 11 is 0. The minimum Gasteiger partial charge on any atom is -0.468 e. The molecule has 10 heteroatoms. The highest BCUT2D eigenvalue weighted by Crippen LogP contribution is 2.26. The Labute approximate surface area is 115 Å². The predicted octanol–water partition coefficient (Wildman–Crippen LogP) is 0.0878. The third-order valence-electron chi connectivity index (χ3n) is 2.38. The lowest BCUT2D eigenvalue weighted by Crippen LogP contribution is -2.30. The second kappa shape index (κ2) is 6.30. The van der Waals surface area contributed by atoms with E-state index in [1.54, 1.807) is 0 Å².